The van der Waals surface area contributed by atoms with E-state index in [4.69, 9.17) is 5.73 Å². The standard InChI is InChI=1S/C15H14F2N2O/c1-8-4-3-5-9(2)14(8)19-15(20)11-6-10(16)7-12(18)13(11)17/h3-7H,18H2,1-2H3,(H,19,20). The maximum Gasteiger partial charge on any atom is 0.258 e. The molecule has 2 aromatic carbocycles. The average Bonchev–Trinajstić information content (AvgIpc) is 2.38. The fraction of sp³-hybridized carbons (Fsp3) is 0.133. The zero-order valence-corrected chi connectivity index (χ0v) is 11.1. The molecule has 0 atom stereocenters. The number of carbonyl (C=O) groups excluding carboxylic acids is 1. The molecule has 104 valence electrons. The van der Waals surface area contributed by atoms with Gasteiger partial charge in [0, 0.05) is 5.69 Å². The third kappa shape index (κ3) is 2.61. The van der Waals surface area contributed by atoms with Crippen molar-refractivity contribution < 1.29 is 13.6 Å². The van der Waals surface area contributed by atoms with Crippen LogP contribution in [0.1, 0.15) is 21.5 Å². The van der Waals surface area contributed by atoms with Crippen molar-refractivity contribution in [2.75, 3.05) is 11.1 Å². The second-order valence-electron chi connectivity index (χ2n) is 4.58. The molecule has 0 saturated carbocycles. The van der Waals surface area contributed by atoms with Gasteiger partial charge < -0.3 is 11.1 Å². The first-order valence-electron chi connectivity index (χ1n) is 6.02. The van der Waals surface area contributed by atoms with E-state index in [2.05, 4.69) is 5.32 Å². The molecule has 0 spiro atoms. The largest absolute Gasteiger partial charge is 0.396 e. The van der Waals surface area contributed by atoms with Gasteiger partial charge >= 0.3 is 0 Å². The molecule has 1 amide bonds. The number of nitrogen functional groups attached to an aromatic ring is 1. The summed E-state index contributed by atoms with van der Waals surface area (Å²) in [6, 6.07) is 7.15. The number of hydrogen-bond donors (Lipinski definition) is 2. The highest BCUT2D eigenvalue weighted by Crippen LogP contribution is 2.22. The fourth-order valence-corrected chi connectivity index (χ4v) is 1.97. The van der Waals surface area contributed by atoms with E-state index in [-0.39, 0.29) is 0 Å². The predicted octanol–water partition coefficient (Wildman–Crippen LogP) is 3.42. The molecule has 0 radical (unpaired) electrons. The first-order valence-corrected chi connectivity index (χ1v) is 6.02. The fourth-order valence-electron chi connectivity index (χ4n) is 1.97. The van der Waals surface area contributed by atoms with E-state index in [1.807, 2.05) is 32.0 Å². The molecule has 0 aromatic heterocycles. The van der Waals surface area contributed by atoms with E-state index >= 15 is 0 Å². The summed E-state index contributed by atoms with van der Waals surface area (Å²) in [7, 11) is 0. The highest BCUT2D eigenvalue weighted by molar-refractivity contribution is 6.05. The number of carbonyl (C=O) groups is 1. The summed E-state index contributed by atoms with van der Waals surface area (Å²) in [4.78, 5) is 12.1. The van der Waals surface area contributed by atoms with Crippen molar-refractivity contribution in [3.05, 3.63) is 58.7 Å². The van der Waals surface area contributed by atoms with Crippen molar-refractivity contribution in [3.8, 4) is 0 Å². The lowest BCUT2D eigenvalue weighted by molar-refractivity contribution is 0.102. The molecular formula is C15H14F2N2O. The first-order chi connectivity index (χ1) is 9.40. The van der Waals surface area contributed by atoms with Gasteiger partial charge in [0.2, 0.25) is 0 Å². The topological polar surface area (TPSA) is 55.1 Å². The van der Waals surface area contributed by atoms with Crippen LogP contribution in [-0.2, 0) is 0 Å². The van der Waals surface area contributed by atoms with Crippen LogP contribution in [-0.4, -0.2) is 5.91 Å². The summed E-state index contributed by atoms with van der Waals surface area (Å²) < 4.78 is 27.0. The van der Waals surface area contributed by atoms with Crippen LogP contribution in [0.2, 0.25) is 0 Å². The zero-order chi connectivity index (χ0) is 14.9. The summed E-state index contributed by atoms with van der Waals surface area (Å²) in [5.41, 5.74) is 6.77. The molecule has 0 saturated heterocycles. The summed E-state index contributed by atoms with van der Waals surface area (Å²) in [6.45, 7) is 3.64. The van der Waals surface area contributed by atoms with Crippen molar-refractivity contribution in [1.29, 1.82) is 0 Å². The van der Waals surface area contributed by atoms with Gasteiger partial charge in [0.1, 0.15) is 5.82 Å². The third-order valence-electron chi connectivity index (χ3n) is 3.03. The molecule has 0 aliphatic heterocycles. The Hall–Kier alpha value is -2.43. The Balaban J connectivity index is 2.39. The van der Waals surface area contributed by atoms with Crippen LogP contribution in [0.15, 0.2) is 30.3 Å². The van der Waals surface area contributed by atoms with E-state index in [1.165, 1.54) is 0 Å². The monoisotopic (exact) mass is 276 g/mol. The van der Waals surface area contributed by atoms with Crippen molar-refractivity contribution in [2.45, 2.75) is 13.8 Å². The number of amides is 1. The number of halogens is 2. The maximum absolute atomic E-state index is 13.8. The molecule has 3 N–H and O–H groups in total. The minimum atomic E-state index is -0.921. The zero-order valence-electron chi connectivity index (χ0n) is 11.1. The van der Waals surface area contributed by atoms with Crippen LogP contribution >= 0.6 is 0 Å². The van der Waals surface area contributed by atoms with Crippen LogP contribution in [0.3, 0.4) is 0 Å². The quantitative estimate of drug-likeness (QED) is 0.826. The van der Waals surface area contributed by atoms with E-state index < -0.39 is 28.8 Å². The smallest absolute Gasteiger partial charge is 0.258 e. The SMILES string of the molecule is Cc1cccc(C)c1NC(=O)c1cc(F)cc(N)c1F. The van der Waals surface area contributed by atoms with Crippen molar-refractivity contribution in [1.82, 2.24) is 0 Å². The molecule has 0 heterocycles. The molecule has 3 nitrogen and oxygen atoms in total. The van der Waals surface area contributed by atoms with Gasteiger partial charge in [-0.3, -0.25) is 4.79 Å². The van der Waals surface area contributed by atoms with Gasteiger partial charge in [-0.25, -0.2) is 8.78 Å². The number of rotatable bonds is 2. The second kappa shape index (κ2) is 5.28. The third-order valence-corrected chi connectivity index (χ3v) is 3.03. The normalized spacial score (nSPS) is 10.4. The van der Waals surface area contributed by atoms with Crippen LogP contribution in [0.5, 0.6) is 0 Å². The Kier molecular flexibility index (Phi) is 3.70. The number of anilines is 2. The van der Waals surface area contributed by atoms with Crippen LogP contribution in [0, 0.1) is 25.5 Å². The molecule has 2 rings (SSSR count). The molecule has 0 aliphatic carbocycles. The summed E-state index contributed by atoms with van der Waals surface area (Å²) in [6.07, 6.45) is 0. The van der Waals surface area contributed by atoms with Gasteiger partial charge in [-0.15, -0.1) is 0 Å². The highest BCUT2D eigenvalue weighted by Gasteiger charge is 2.17. The summed E-state index contributed by atoms with van der Waals surface area (Å²) in [5, 5.41) is 2.59. The summed E-state index contributed by atoms with van der Waals surface area (Å²) in [5.74, 6) is -2.41. The van der Waals surface area contributed by atoms with Gasteiger partial charge in [-0.05, 0) is 37.1 Å². The second-order valence-corrected chi connectivity index (χ2v) is 4.58. The van der Waals surface area contributed by atoms with Gasteiger partial charge in [0.05, 0.1) is 11.3 Å². The number of hydrogen-bond acceptors (Lipinski definition) is 2. The Morgan fingerprint density at radius 2 is 1.75 bits per heavy atom. The Bertz CT molecular complexity index is 664. The lowest BCUT2D eigenvalue weighted by atomic mass is 10.1. The molecule has 2 aromatic rings. The Labute approximate surface area is 115 Å². The van der Waals surface area contributed by atoms with Crippen molar-refractivity contribution in [3.63, 3.8) is 0 Å². The number of nitrogens with one attached hydrogen (secondary N) is 1. The van der Waals surface area contributed by atoms with Crippen molar-refractivity contribution in [2.24, 2.45) is 0 Å². The molecular weight excluding hydrogens is 262 g/mol. The van der Waals surface area contributed by atoms with Gasteiger partial charge in [-0.2, -0.15) is 0 Å². The van der Waals surface area contributed by atoms with E-state index in [1.54, 1.807) is 0 Å². The van der Waals surface area contributed by atoms with Crippen LogP contribution in [0.4, 0.5) is 20.2 Å². The number of para-hydroxylation sites is 1. The van der Waals surface area contributed by atoms with Gasteiger partial charge in [0.15, 0.2) is 5.82 Å². The molecule has 20 heavy (non-hydrogen) atoms. The number of nitrogens with two attached hydrogens (primary N) is 1. The lowest BCUT2D eigenvalue weighted by Gasteiger charge is -2.12. The lowest BCUT2D eigenvalue weighted by Crippen LogP contribution is -2.16. The molecule has 0 unspecified atom stereocenters. The first kappa shape index (κ1) is 14.0. The number of aryl methyl sites for hydroxylation is 2. The molecule has 0 bridgehead atoms. The van der Waals surface area contributed by atoms with Crippen LogP contribution in [0.25, 0.3) is 0 Å². The highest BCUT2D eigenvalue weighted by atomic mass is 19.1. The van der Waals surface area contributed by atoms with E-state index in [0.29, 0.717) is 5.69 Å². The minimum absolute atomic E-state index is 0.392. The Morgan fingerprint density at radius 3 is 2.35 bits per heavy atom. The van der Waals surface area contributed by atoms with Crippen LogP contribution < -0.4 is 11.1 Å². The molecule has 0 aliphatic rings. The van der Waals surface area contributed by atoms with E-state index in [0.717, 1.165) is 23.3 Å². The maximum atomic E-state index is 13.8. The van der Waals surface area contributed by atoms with E-state index in [9.17, 15) is 13.6 Å². The summed E-state index contributed by atoms with van der Waals surface area (Å²) >= 11 is 0. The van der Waals surface area contributed by atoms with Crippen molar-refractivity contribution >= 4 is 17.3 Å². The number of benzene rings is 2. The van der Waals surface area contributed by atoms with Gasteiger partial charge in [-0.1, -0.05) is 18.2 Å². The Morgan fingerprint density at radius 1 is 1.15 bits per heavy atom. The predicted molar refractivity (Wildman–Crippen MR) is 74.6 cm³/mol. The molecule has 0 fully saturated rings. The average molecular weight is 276 g/mol. The minimum Gasteiger partial charge on any atom is -0.396 e. The van der Waals surface area contributed by atoms with Gasteiger partial charge in [0.25, 0.3) is 5.91 Å². The molecule has 5 heteroatoms.